The molecule has 0 bridgehead atoms. The van der Waals surface area contributed by atoms with Gasteiger partial charge in [0.25, 0.3) is 5.91 Å². The molecule has 0 spiro atoms. The van der Waals surface area contributed by atoms with Crippen molar-refractivity contribution in [2.75, 3.05) is 20.8 Å². The summed E-state index contributed by atoms with van der Waals surface area (Å²) in [5.41, 5.74) is 1.81. The van der Waals surface area contributed by atoms with Crippen LogP contribution in [0.15, 0.2) is 59.3 Å². The second-order valence-corrected chi connectivity index (χ2v) is 5.87. The van der Waals surface area contributed by atoms with Crippen molar-refractivity contribution >= 4 is 23.6 Å². The van der Waals surface area contributed by atoms with E-state index in [-0.39, 0.29) is 24.3 Å². The lowest BCUT2D eigenvalue weighted by Crippen LogP contribution is -2.34. The Bertz CT molecular complexity index is 832. The van der Waals surface area contributed by atoms with Crippen molar-refractivity contribution < 1.29 is 23.8 Å². The molecule has 2 amide bonds. The van der Waals surface area contributed by atoms with Crippen molar-refractivity contribution in [3.8, 4) is 0 Å². The van der Waals surface area contributed by atoms with Crippen molar-refractivity contribution in [1.29, 1.82) is 0 Å². The van der Waals surface area contributed by atoms with Gasteiger partial charge >= 0.3 is 5.91 Å². The lowest BCUT2D eigenvalue weighted by molar-refractivity contribution is -0.118. The molecule has 7 nitrogen and oxygen atoms in total. The number of nitrogens with zero attached hydrogens (tertiary/aromatic N) is 1. The monoisotopic (exact) mass is 368 g/mol. The Balaban J connectivity index is 1.67. The molecule has 1 N–H and O–H groups in total. The molecule has 0 fully saturated rings. The van der Waals surface area contributed by atoms with E-state index in [0.29, 0.717) is 11.3 Å². The van der Waals surface area contributed by atoms with Crippen LogP contribution < -0.4 is 5.32 Å². The van der Waals surface area contributed by atoms with Crippen molar-refractivity contribution in [1.82, 2.24) is 5.32 Å². The number of ether oxygens (including phenoxy) is 3. The van der Waals surface area contributed by atoms with Crippen LogP contribution in [0.4, 0.5) is 0 Å². The van der Waals surface area contributed by atoms with Crippen LogP contribution in [-0.4, -0.2) is 50.7 Å². The minimum atomic E-state index is -0.499. The molecule has 0 radical (unpaired) electrons. The maximum atomic E-state index is 12.1. The van der Waals surface area contributed by atoms with Crippen LogP contribution in [-0.2, 0) is 19.0 Å². The molecule has 27 heavy (non-hydrogen) atoms. The lowest BCUT2D eigenvalue weighted by Gasteiger charge is -2.22. The van der Waals surface area contributed by atoms with Crippen molar-refractivity contribution in [3.63, 3.8) is 0 Å². The van der Waals surface area contributed by atoms with Gasteiger partial charge in [-0.3, -0.25) is 9.59 Å². The first kappa shape index (κ1) is 18.8. The standard InChI is InChI=1S/C20H20N2O5/c1-25-18(26-2)12-21-19(23)14-9-7-13(8-10-14)11-17-20(24)22-15-5-3-4-6-16(15)27-17/h3-11,16,18H,12H2,1-2H3,(H,21,23)/b17-11-. The van der Waals surface area contributed by atoms with Gasteiger partial charge in [0.1, 0.15) is 0 Å². The number of nitrogens with one attached hydrogen (secondary N) is 1. The molecule has 1 unspecified atom stereocenters. The van der Waals surface area contributed by atoms with E-state index in [1.807, 2.05) is 18.2 Å². The molecule has 1 aliphatic carbocycles. The molecule has 0 aromatic heterocycles. The number of rotatable bonds is 6. The number of hydrogen-bond donors (Lipinski definition) is 1. The highest BCUT2D eigenvalue weighted by molar-refractivity contribution is 6.13. The second-order valence-electron chi connectivity index (χ2n) is 5.87. The minimum absolute atomic E-state index is 0.170. The average Bonchev–Trinajstić information content (AvgIpc) is 2.69. The quantitative estimate of drug-likeness (QED) is 0.612. The Morgan fingerprint density at radius 3 is 2.70 bits per heavy atom. The Morgan fingerprint density at radius 1 is 1.26 bits per heavy atom. The molecule has 7 heteroatoms. The average molecular weight is 368 g/mol. The lowest BCUT2D eigenvalue weighted by atomic mass is 10.1. The number of carbonyl (C=O) groups is 2. The number of carbonyl (C=O) groups excluding carboxylic acids is 2. The van der Waals surface area contributed by atoms with Gasteiger partial charge < -0.3 is 19.5 Å². The molecular formula is C20H20N2O5. The smallest absolute Gasteiger partial charge is 0.312 e. The van der Waals surface area contributed by atoms with Crippen LogP contribution in [0.3, 0.4) is 0 Å². The van der Waals surface area contributed by atoms with Gasteiger partial charge in [0.05, 0.1) is 12.3 Å². The van der Waals surface area contributed by atoms with E-state index in [2.05, 4.69) is 10.3 Å². The van der Waals surface area contributed by atoms with Crippen LogP contribution in [0.2, 0.25) is 0 Å². The zero-order valence-electron chi connectivity index (χ0n) is 15.0. The van der Waals surface area contributed by atoms with Crippen molar-refractivity contribution in [2.45, 2.75) is 12.4 Å². The number of amides is 2. The zero-order valence-corrected chi connectivity index (χ0v) is 15.0. The molecule has 0 saturated carbocycles. The normalized spacial score (nSPS) is 19.7. The summed E-state index contributed by atoms with van der Waals surface area (Å²) in [5, 5.41) is 2.72. The summed E-state index contributed by atoms with van der Waals surface area (Å²) >= 11 is 0. The summed E-state index contributed by atoms with van der Waals surface area (Å²) in [6.07, 6.45) is 8.01. The molecular weight excluding hydrogens is 348 g/mol. The highest BCUT2D eigenvalue weighted by atomic mass is 16.7. The van der Waals surface area contributed by atoms with Crippen molar-refractivity contribution in [3.05, 3.63) is 65.5 Å². The topological polar surface area (TPSA) is 86.2 Å². The van der Waals surface area contributed by atoms with Gasteiger partial charge in [-0.2, -0.15) is 0 Å². The molecule has 1 heterocycles. The van der Waals surface area contributed by atoms with Gasteiger partial charge in [-0.25, -0.2) is 4.99 Å². The summed E-state index contributed by atoms with van der Waals surface area (Å²) in [4.78, 5) is 28.3. The number of aliphatic imine (C=N–C) groups is 1. The van der Waals surface area contributed by atoms with Gasteiger partial charge in [0.2, 0.25) is 0 Å². The highest BCUT2D eigenvalue weighted by Gasteiger charge is 2.26. The van der Waals surface area contributed by atoms with Gasteiger partial charge in [0.15, 0.2) is 18.2 Å². The Labute approximate surface area is 157 Å². The van der Waals surface area contributed by atoms with E-state index in [1.165, 1.54) is 14.2 Å². The predicted octanol–water partition coefficient (Wildman–Crippen LogP) is 1.87. The van der Waals surface area contributed by atoms with Crippen molar-refractivity contribution in [2.24, 2.45) is 4.99 Å². The number of hydrogen-bond acceptors (Lipinski definition) is 5. The zero-order chi connectivity index (χ0) is 19.2. The van der Waals surface area contributed by atoms with E-state index >= 15 is 0 Å². The molecule has 0 saturated heterocycles. The second kappa shape index (κ2) is 8.57. The fourth-order valence-electron chi connectivity index (χ4n) is 2.59. The summed E-state index contributed by atoms with van der Waals surface area (Å²) < 4.78 is 15.8. The van der Waals surface area contributed by atoms with Crippen LogP contribution in [0.25, 0.3) is 6.08 Å². The third kappa shape index (κ3) is 4.58. The first-order valence-electron chi connectivity index (χ1n) is 8.40. The fraction of sp³-hybridized carbons (Fsp3) is 0.250. The Hall–Kier alpha value is -3.03. The largest absolute Gasteiger partial charge is 0.474 e. The first-order valence-corrected chi connectivity index (χ1v) is 8.40. The maximum absolute atomic E-state index is 12.1. The molecule has 1 aliphatic heterocycles. The van der Waals surface area contributed by atoms with E-state index < -0.39 is 12.2 Å². The van der Waals surface area contributed by atoms with E-state index in [4.69, 9.17) is 14.2 Å². The van der Waals surface area contributed by atoms with Gasteiger partial charge in [-0.1, -0.05) is 24.3 Å². The first-order chi connectivity index (χ1) is 13.1. The Kier molecular flexibility index (Phi) is 5.95. The number of fused-ring (bicyclic) bond motifs is 1. The minimum Gasteiger partial charge on any atom is -0.474 e. The van der Waals surface area contributed by atoms with Crippen LogP contribution in [0.1, 0.15) is 15.9 Å². The third-order valence-corrected chi connectivity index (χ3v) is 4.08. The van der Waals surface area contributed by atoms with Crippen LogP contribution >= 0.6 is 0 Å². The van der Waals surface area contributed by atoms with Gasteiger partial charge in [0, 0.05) is 19.8 Å². The number of allylic oxidation sites excluding steroid dienone is 2. The molecule has 2 aliphatic rings. The summed E-state index contributed by atoms with van der Waals surface area (Å²) in [5.74, 6) is -0.496. The molecule has 1 aromatic rings. The summed E-state index contributed by atoms with van der Waals surface area (Å²) in [7, 11) is 3.01. The fourth-order valence-corrected chi connectivity index (χ4v) is 2.59. The molecule has 1 aromatic carbocycles. The predicted molar refractivity (Wildman–Crippen MR) is 100 cm³/mol. The maximum Gasteiger partial charge on any atom is 0.312 e. The van der Waals surface area contributed by atoms with Gasteiger partial charge in [-0.05, 0) is 35.9 Å². The highest BCUT2D eigenvalue weighted by Crippen LogP contribution is 2.20. The van der Waals surface area contributed by atoms with E-state index in [1.54, 1.807) is 36.4 Å². The number of methoxy groups -OCH3 is 2. The molecule has 3 rings (SSSR count). The van der Waals surface area contributed by atoms with Crippen LogP contribution in [0, 0.1) is 0 Å². The number of benzene rings is 1. The SMILES string of the molecule is COC(CNC(=O)c1ccc(/C=C2\OC3C=CC=CC3=NC2=O)cc1)OC. The molecule has 1 atom stereocenters. The van der Waals surface area contributed by atoms with Crippen LogP contribution in [0.5, 0.6) is 0 Å². The summed E-state index contributed by atoms with van der Waals surface area (Å²) in [6.45, 7) is 0.240. The third-order valence-electron chi connectivity index (χ3n) is 4.08. The van der Waals surface area contributed by atoms with Gasteiger partial charge in [-0.15, -0.1) is 0 Å². The van der Waals surface area contributed by atoms with E-state index in [0.717, 1.165) is 5.56 Å². The Morgan fingerprint density at radius 2 is 2.00 bits per heavy atom. The van der Waals surface area contributed by atoms with E-state index in [9.17, 15) is 9.59 Å². The molecule has 140 valence electrons. The summed E-state index contributed by atoms with van der Waals surface area (Å²) in [6, 6.07) is 6.81.